The van der Waals surface area contributed by atoms with Crippen molar-refractivity contribution in [1.29, 1.82) is 0 Å². The Labute approximate surface area is 113 Å². The summed E-state index contributed by atoms with van der Waals surface area (Å²) in [5.41, 5.74) is -1.03. The van der Waals surface area contributed by atoms with Crippen LogP contribution in [-0.4, -0.2) is 46.4 Å². The van der Waals surface area contributed by atoms with E-state index in [2.05, 4.69) is 5.32 Å². The lowest BCUT2D eigenvalue weighted by Crippen LogP contribution is -2.43. The first-order chi connectivity index (χ1) is 8.95. The van der Waals surface area contributed by atoms with Crippen LogP contribution < -0.4 is 5.32 Å². The monoisotopic (exact) mass is 270 g/mol. The van der Waals surface area contributed by atoms with E-state index in [1.807, 2.05) is 13.8 Å². The van der Waals surface area contributed by atoms with Crippen molar-refractivity contribution >= 4 is 17.8 Å². The van der Waals surface area contributed by atoms with Crippen LogP contribution in [0.4, 0.5) is 0 Å². The third kappa shape index (κ3) is 4.22. The highest BCUT2D eigenvalue weighted by atomic mass is 16.4. The molecule has 0 aromatic rings. The smallest absolute Gasteiger partial charge is 0.329 e. The highest BCUT2D eigenvalue weighted by Crippen LogP contribution is 2.35. The number of hydrogen-bond donors (Lipinski definition) is 2. The molecule has 0 heterocycles. The molecule has 2 N–H and O–H groups in total. The van der Waals surface area contributed by atoms with Gasteiger partial charge in [0, 0.05) is 25.9 Å². The molecule has 0 aromatic heterocycles. The largest absolute Gasteiger partial charge is 0.480 e. The predicted molar refractivity (Wildman–Crippen MR) is 69.5 cm³/mol. The molecule has 0 unspecified atom stereocenters. The molecule has 19 heavy (non-hydrogen) atoms. The zero-order valence-corrected chi connectivity index (χ0v) is 11.6. The lowest BCUT2D eigenvalue weighted by atomic mass is 10.2. The molecule has 1 fully saturated rings. The molecule has 0 spiro atoms. The molecule has 108 valence electrons. The lowest BCUT2D eigenvalue weighted by molar-refractivity contribution is -0.143. The van der Waals surface area contributed by atoms with E-state index in [4.69, 9.17) is 5.11 Å². The minimum absolute atomic E-state index is 0.0390. The van der Waals surface area contributed by atoms with Crippen LogP contribution in [0.25, 0.3) is 0 Å². The number of carboxylic acid groups (broad SMARTS) is 1. The average molecular weight is 270 g/mol. The van der Waals surface area contributed by atoms with Crippen molar-refractivity contribution in [1.82, 2.24) is 10.2 Å². The fraction of sp³-hybridized carbons (Fsp3) is 0.769. The van der Waals surface area contributed by atoms with E-state index in [0.717, 1.165) is 0 Å². The van der Waals surface area contributed by atoms with Crippen LogP contribution in [0.2, 0.25) is 0 Å². The number of hydrogen-bond acceptors (Lipinski definition) is 3. The Kier molecular flexibility index (Phi) is 5.32. The van der Waals surface area contributed by atoms with Gasteiger partial charge >= 0.3 is 5.97 Å². The first-order valence-electron chi connectivity index (χ1n) is 6.77. The zero-order valence-electron chi connectivity index (χ0n) is 11.6. The van der Waals surface area contributed by atoms with Crippen molar-refractivity contribution in [2.45, 2.75) is 51.5 Å². The molecule has 2 amide bonds. The van der Waals surface area contributed by atoms with E-state index in [0.29, 0.717) is 38.8 Å². The SMILES string of the molecule is CCN(CC)C(=O)CCCC(=O)NC1(C(=O)O)CC1. The van der Waals surface area contributed by atoms with Gasteiger partial charge in [-0.1, -0.05) is 0 Å². The first kappa shape index (κ1) is 15.5. The third-order valence-electron chi connectivity index (χ3n) is 3.45. The van der Waals surface area contributed by atoms with Gasteiger partial charge in [0.1, 0.15) is 5.54 Å². The first-order valence-corrected chi connectivity index (χ1v) is 6.77. The molecule has 0 bridgehead atoms. The van der Waals surface area contributed by atoms with Gasteiger partial charge in [-0.15, -0.1) is 0 Å². The summed E-state index contributed by atoms with van der Waals surface area (Å²) in [5, 5.41) is 11.5. The summed E-state index contributed by atoms with van der Waals surface area (Å²) in [4.78, 5) is 35.9. The van der Waals surface area contributed by atoms with Crippen LogP contribution >= 0.6 is 0 Å². The molecule has 1 saturated carbocycles. The van der Waals surface area contributed by atoms with Crippen LogP contribution in [-0.2, 0) is 14.4 Å². The summed E-state index contributed by atoms with van der Waals surface area (Å²) in [6.07, 6.45) is 1.97. The Morgan fingerprint density at radius 2 is 1.74 bits per heavy atom. The Bertz CT molecular complexity index is 360. The number of carboxylic acids is 1. The van der Waals surface area contributed by atoms with Crippen LogP contribution in [0, 0.1) is 0 Å². The van der Waals surface area contributed by atoms with Gasteiger partial charge in [0.25, 0.3) is 0 Å². The Morgan fingerprint density at radius 1 is 1.16 bits per heavy atom. The van der Waals surface area contributed by atoms with Crippen molar-refractivity contribution in [2.75, 3.05) is 13.1 Å². The molecule has 1 aliphatic rings. The van der Waals surface area contributed by atoms with Gasteiger partial charge < -0.3 is 15.3 Å². The number of amides is 2. The van der Waals surface area contributed by atoms with Crippen LogP contribution in [0.5, 0.6) is 0 Å². The van der Waals surface area contributed by atoms with E-state index < -0.39 is 11.5 Å². The van der Waals surface area contributed by atoms with Crippen LogP contribution in [0.3, 0.4) is 0 Å². The van der Waals surface area contributed by atoms with Crippen molar-refractivity contribution < 1.29 is 19.5 Å². The summed E-state index contributed by atoms with van der Waals surface area (Å²) in [6.45, 7) is 5.17. The third-order valence-corrected chi connectivity index (χ3v) is 3.45. The van der Waals surface area contributed by atoms with Gasteiger partial charge in [0.15, 0.2) is 0 Å². The summed E-state index contributed by atoms with van der Waals surface area (Å²) >= 11 is 0. The molecule has 6 nitrogen and oxygen atoms in total. The predicted octanol–water partition coefficient (Wildman–Crippen LogP) is 0.758. The maximum Gasteiger partial charge on any atom is 0.329 e. The van der Waals surface area contributed by atoms with Crippen molar-refractivity contribution in [3.63, 3.8) is 0 Å². The quantitative estimate of drug-likeness (QED) is 0.681. The highest BCUT2D eigenvalue weighted by molar-refractivity contribution is 5.89. The number of nitrogens with one attached hydrogen (secondary N) is 1. The molecule has 0 radical (unpaired) electrons. The van der Waals surface area contributed by atoms with E-state index in [1.54, 1.807) is 4.90 Å². The second-order valence-corrected chi connectivity index (χ2v) is 4.86. The number of aliphatic carboxylic acids is 1. The number of rotatable bonds is 8. The lowest BCUT2D eigenvalue weighted by Gasteiger charge is -2.18. The Morgan fingerprint density at radius 3 is 2.16 bits per heavy atom. The summed E-state index contributed by atoms with van der Waals surface area (Å²) in [7, 11) is 0. The topological polar surface area (TPSA) is 86.7 Å². The van der Waals surface area contributed by atoms with Crippen LogP contribution in [0.15, 0.2) is 0 Å². The minimum Gasteiger partial charge on any atom is -0.480 e. The van der Waals surface area contributed by atoms with Gasteiger partial charge in [-0.2, -0.15) is 0 Å². The van der Waals surface area contributed by atoms with Crippen molar-refractivity contribution in [3.8, 4) is 0 Å². The zero-order chi connectivity index (χ0) is 14.5. The minimum atomic E-state index is -1.03. The van der Waals surface area contributed by atoms with Gasteiger partial charge in [-0.3, -0.25) is 9.59 Å². The Balaban J connectivity index is 2.24. The van der Waals surface area contributed by atoms with Gasteiger partial charge in [-0.25, -0.2) is 4.79 Å². The summed E-state index contributed by atoms with van der Waals surface area (Å²) in [5.74, 6) is -1.22. The second-order valence-electron chi connectivity index (χ2n) is 4.86. The molecule has 0 atom stereocenters. The Hall–Kier alpha value is -1.59. The van der Waals surface area contributed by atoms with Crippen molar-refractivity contribution in [3.05, 3.63) is 0 Å². The van der Waals surface area contributed by atoms with Gasteiger partial charge in [-0.05, 0) is 33.1 Å². The maximum absolute atomic E-state index is 11.7. The fourth-order valence-electron chi connectivity index (χ4n) is 1.98. The van der Waals surface area contributed by atoms with Crippen molar-refractivity contribution in [2.24, 2.45) is 0 Å². The molecule has 1 rings (SSSR count). The van der Waals surface area contributed by atoms with E-state index in [1.165, 1.54) is 0 Å². The summed E-state index contributed by atoms with van der Waals surface area (Å²) < 4.78 is 0. The van der Waals surface area contributed by atoms with Gasteiger partial charge in [0.2, 0.25) is 11.8 Å². The average Bonchev–Trinajstić information content (AvgIpc) is 3.11. The number of carbonyl (C=O) groups is 3. The number of carbonyl (C=O) groups excluding carboxylic acids is 2. The number of nitrogens with zero attached hydrogens (tertiary/aromatic N) is 1. The maximum atomic E-state index is 11.7. The molecule has 1 aliphatic carbocycles. The molecular weight excluding hydrogens is 248 g/mol. The molecule has 0 saturated heterocycles. The van der Waals surface area contributed by atoms with E-state index in [9.17, 15) is 14.4 Å². The molecule has 6 heteroatoms. The van der Waals surface area contributed by atoms with Gasteiger partial charge in [0.05, 0.1) is 0 Å². The normalized spacial score (nSPS) is 15.7. The van der Waals surface area contributed by atoms with E-state index >= 15 is 0 Å². The standard InChI is InChI=1S/C13H22N2O4/c1-3-15(4-2)11(17)7-5-6-10(16)14-13(8-9-13)12(18)19/h3-9H2,1-2H3,(H,14,16)(H,18,19). The summed E-state index contributed by atoms with van der Waals surface area (Å²) in [6, 6.07) is 0. The second kappa shape index (κ2) is 6.54. The molecular formula is C13H22N2O4. The molecule has 0 aromatic carbocycles. The van der Waals surface area contributed by atoms with E-state index in [-0.39, 0.29) is 18.2 Å². The fourth-order valence-corrected chi connectivity index (χ4v) is 1.98. The highest BCUT2D eigenvalue weighted by Gasteiger charge is 2.51. The molecule has 0 aliphatic heterocycles. The van der Waals surface area contributed by atoms with Crippen LogP contribution in [0.1, 0.15) is 46.0 Å².